The Kier molecular flexibility index (Phi) is 8.34. The van der Waals surface area contributed by atoms with Crippen LogP contribution in [0.2, 0.25) is 0 Å². The van der Waals surface area contributed by atoms with Crippen LogP contribution in [0.3, 0.4) is 0 Å². The van der Waals surface area contributed by atoms with Gasteiger partial charge in [-0.3, -0.25) is 0 Å². The van der Waals surface area contributed by atoms with E-state index >= 15 is 0 Å². The van der Waals surface area contributed by atoms with Gasteiger partial charge in [-0.25, -0.2) is 0 Å². The fourth-order valence-corrected chi connectivity index (χ4v) is 4.50. The molecule has 2 saturated carbocycles. The summed E-state index contributed by atoms with van der Waals surface area (Å²) in [7, 11) is 0. The standard InChI is InChI=1S/C22H38/c1-3-5-8-20-15-17-22(18-16-20)10-7-6-9-21-13-11-19(4-2)12-14-21/h4,6,9,19-22H,2-3,5,7-8,10-18H2,1H3/t19-,20-,21-,22-. The summed E-state index contributed by atoms with van der Waals surface area (Å²) < 4.78 is 0. The molecule has 0 heterocycles. The topological polar surface area (TPSA) is 0 Å². The number of hydrogen-bond donors (Lipinski definition) is 0. The minimum Gasteiger partial charge on any atom is -0.103 e. The molecule has 0 aliphatic heterocycles. The van der Waals surface area contributed by atoms with Crippen molar-refractivity contribution in [3.8, 4) is 0 Å². The highest BCUT2D eigenvalue weighted by Gasteiger charge is 2.20. The summed E-state index contributed by atoms with van der Waals surface area (Å²) in [5.41, 5.74) is 0. The van der Waals surface area contributed by atoms with Crippen molar-refractivity contribution in [2.75, 3.05) is 0 Å². The summed E-state index contributed by atoms with van der Waals surface area (Å²) in [6.45, 7) is 6.26. The summed E-state index contributed by atoms with van der Waals surface area (Å²) in [6.07, 6.45) is 25.8. The Bertz CT molecular complexity index is 311. The monoisotopic (exact) mass is 302 g/mol. The fourth-order valence-electron chi connectivity index (χ4n) is 4.50. The van der Waals surface area contributed by atoms with Crippen molar-refractivity contribution in [3.63, 3.8) is 0 Å². The third-order valence-corrected chi connectivity index (χ3v) is 6.23. The molecule has 0 saturated heterocycles. The Balaban J connectivity index is 1.54. The molecule has 0 unspecified atom stereocenters. The van der Waals surface area contributed by atoms with Crippen LogP contribution in [0.1, 0.15) is 90.4 Å². The van der Waals surface area contributed by atoms with Crippen LogP contribution in [0.5, 0.6) is 0 Å². The van der Waals surface area contributed by atoms with Crippen molar-refractivity contribution >= 4 is 0 Å². The highest BCUT2D eigenvalue weighted by atomic mass is 14.3. The molecule has 0 nitrogen and oxygen atoms in total. The van der Waals surface area contributed by atoms with Crippen molar-refractivity contribution in [2.24, 2.45) is 23.7 Å². The Labute approximate surface area is 139 Å². The predicted octanol–water partition coefficient (Wildman–Crippen LogP) is 7.31. The fraction of sp³-hybridized carbons (Fsp3) is 0.818. The maximum absolute atomic E-state index is 3.94. The lowest BCUT2D eigenvalue weighted by Gasteiger charge is -2.28. The summed E-state index contributed by atoms with van der Waals surface area (Å²) in [4.78, 5) is 0. The van der Waals surface area contributed by atoms with E-state index in [1.807, 2.05) is 0 Å². The van der Waals surface area contributed by atoms with E-state index in [-0.39, 0.29) is 0 Å². The van der Waals surface area contributed by atoms with Crippen molar-refractivity contribution in [1.29, 1.82) is 0 Å². The van der Waals surface area contributed by atoms with Gasteiger partial charge in [0, 0.05) is 0 Å². The first-order valence-corrected chi connectivity index (χ1v) is 10.1. The molecular formula is C22H38. The number of allylic oxidation sites excluding steroid dienone is 3. The first kappa shape index (κ1) is 17.8. The highest BCUT2D eigenvalue weighted by molar-refractivity contribution is 4.94. The molecule has 126 valence electrons. The van der Waals surface area contributed by atoms with Gasteiger partial charge in [-0.1, -0.05) is 70.1 Å². The van der Waals surface area contributed by atoms with E-state index in [2.05, 4.69) is 31.7 Å². The van der Waals surface area contributed by atoms with Crippen LogP contribution >= 0.6 is 0 Å². The molecule has 0 amide bonds. The van der Waals surface area contributed by atoms with Crippen LogP contribution in [-0.2, 0) is 0 Å². The maximum atomic E-state index is 3.94. The van der Waals surface area contributed by atoms with Crippen LogP contribution in [-0.4, -0.2) is 0 Å². The van der Waals surface area contributed by atoms with Gasteiger partial charge in [0.2, 0.25) is 0 Å². The number of rotatable bonds is 8. The SMILES string of the molecule is C=C[C@H]1CC[C@H](C=CCC[C@H]2CC[C@H](CCCC)CC2)CC1. The van der Waals surface area contributed by atoms with Gasteiger partial charge in [-0.2, -0.15) is 0 Å². The Hall–Kier alpha value is -0.520. The van der Waals surface area contributed by atoms with Gasteiger partial charge >= 0.3 is 0 Å². The second kappa shape index (κ2) is 10.3. The van der Waals surface area contributed by atoms with Gasteiger partial charge in [0.1, 0.15) is 0 Å². The lowest BCUT2D eigenvalue weighted by Crippen LogP contribution is -2.14. The van der Waals surface area contributed by atoms with Gasteiger partial charge in [-0.05, 0) is 62.2 Å². The van der Waals surface area contributed by atoms with Gasteiger partial charge in [0.05, 0.1) is 0 Å². The Morgan fingerprint density at radius 3 is 2.00 bits per heavy atom. The zero-order chi connectivity index (χ0) is 15.6. The van der Waals surface area contributed by atoms with Crippen LogP contribution in [0, 0.1) is 23.7 Å². The van der Waals surface area contributed by atoms with Gasteiger partial charge in [0.25, 0.3) is 0 Å². The highest BCUT2D eigenvalue weighted by Crippen LogP contribution is 2.34. The van der Waals surface area contributed by atoms with E-state index in [1.54, 1.807) is 0 Å². The van der Waals surface area contributed by atoms with E-state index in [1.165, 1.54) is 83.5 Å². The zero-order valence-corrected chi connectivity index (χ0v) is 14.9. The summed E-state index contributed by atoms with van der Waals surface area (Å²) in [6, 6.07) is 0. The summed E-state index contributed by atoms with van der Waals surface area (Å²) >= 11 is 0. The lowest BCUT2D eigenvalue weighted by molar-refractivity contribution is 0.250. The Morgan fingerprint density at radius 2 is 1.41 bits per heavy atom. The molecule has 0 aromatic heterocycles. The molecule has 0 aromatic carbocycles. The smallest absolute Gasteiger partial charge is 0.0233 e. The second-order valence-electron chi connectivity index (χ2n) is 7.95. The van der Waals surface area contributed by atoms with Gasteiger partial charge in [-0.15, -0.1) is 6.58 Å². The van der Waals surface area contributed by atoms with Crippen molar-refractivity contribution < 1.29 is 0 Å². The molecule has 0 N–H and O–H groups in total. The lowest BCUT2D eigenvalue weighted by atomic mass is 9.78. The molecule has 0 bridgehead atoms. The molecule has 0 atom stereocenters. The van der Waals surface area contributed by atoms with E-state index in [0.29, 0.717) is 0 Å². The minimum absolute atomic E-state index is 0.799. The predicted molar refractivity (Wildman–Crippen MR) is 99.0 cm³/mol. The average Bonchev–Trinajstić information content (AvgIpc) is 2.58. The molecule has 0 radical (unpaired) electrons. The van der Waals surface area contributed by atoms with E-state index in [0.717, 1.165) is 23.7 Å². The Morgan fingerprint density at radius 1 is 0.818 bits per heavy atom. The summed E-state index contributed by atoms with van der Waals surface area (Å²) in [5.74, 6) is 3.75. The van der Waals surface area contributed by atoms with Crippen molar-refractivity contribution in [2.45, 2.75) is 90.4 Å². The molecule has 0 spiro atoms. The van der Waals surface area contributed by atoms with Gasteiger partial charge in [0.15, 0.2) is 0 Å². The van der Waals surface area contributed by atoms with Crippen LogP contribution in [0.15, 0.2) is 24.8 Å². The first-order valence-electron chi connectivity index (χ1n) is 10.1. The van der Waals surface area contributed by atoms with Crippen LogP contribution in [0.25, 0.3) is 0 Å². The molecular weight excluding hydrogens is 264 g/mol. The number of hydrogen-bond acceptors (Lipinski definition) is 0. The van der Waals surface area contributed by atoms with Crippen LogP contribution in [0.4, 0.5) is 0 Å². The minimum atomic E-state index is 0.799. The molecule has 22 heavy (non-hydrogen) atoms. The van der Waals surface area contributed by atoms with Crippen molar-refractivity contribution in [3.05, 3.63) is 24.8 Å². The largest absolute Gasteiger partial charge is 0.103 e. The van der Waals surface area contributed by atoms with E-state index < -0.39 is 0 Å². The molecule has 2 fully saturated rings. The van der Waals surface area contributed by atoms with E-state index in [4.69, 9.17) is 0 Å². The first-order chi connectivity index (χ1) is 10.8. The molecule has 2 aliphatic rings. The zero-order valence-electron chi connectivity index (χ0n) is 14.9. The third-order valence-electron chi connectivity index (χ3n) is 6.23. The molecule has 2 rings (SSSR count). The molecule has 0 aromatic rings. The maximum Gasteiger partial charge on any atom is -0.0233 e. The normalized spacial score (nSPS) is 33.1. The number of unbranched alkanes of at least 4 members (excludes halogenated alkanes) is 1. The third kappa shape index (κ3) is 6.31. The molecule has 2 aliphatic carbocycles. The summed E-state index contributed by atoms with van der Waals surface area (Å²) in [5, 5.41) is 0. The quantitative estimate of drug-likeness (QED) is 0.412. The van der Waals surface area contributed by atoms with E-state index in [9.17, 15) is 0 Å². The van der Waals surface area contributed by atoms with Crippen LogP contribution < -0.4 is 0 Å². The average molecular weight is 303 g/mol. The second-order valence-corrected chi connectivity index (χ2v) is 7.95. The van der Waals surface area contributed by atoms with Crippen molar-refractivity contribution in [1.82, 2.24) is 0 Å². The molecule has 0 heteroatoms. The van der Waals surface area contributed by atoms with Gasteiger partial charge < -0.3 is 0 Å².